The number of anilines is 1. The van der Waals surface area contributed by atoms with Crippen molar-refractivity contribution in [1.29, 1.82) is 0 Å². The maximum absolute atomic E-state index is 12.4. The first kappa shape index (κ1) is 23.4. The molecule has 0 atom stereocenters. The van der Waals surface area contributed by atoms with Gasteiger partial charge in [0.15, 0.2) is 11.6 Å². The molecule has 1 saturated carbocycles. The average Bonchev–Trinajstić information content (AvgIpc) is 3.65. The van der Waals surface area contributed by atoms with Crippen LogP contribution in [0.25, 0.3) is 55.2 Å². The number of aromatic nitrogens is 6. The molecule has 5 heterocycles. The fourth-order valence-corrected chi connectivity index (χ4v) is 5.74. The third-order valence-corrected chi connectivity index (χ3v) is 8.38. The van der Waals surface area contributed by atoms with E-state index in [1.165, 1.54) is 11.3 Å². The Morgan fingerprint density at radius 3 is 2.69 bits per heavy atom. The number of amides is 1. The first-order valence-electron chi connectivity index (χ1n) is 12.7. The number of fused-ring (bicyclic) bond motifs is 2. The number of nitrogens with zero attached hydrogens (tertiary/aromatic N) is 4. The molecule has 1 fully saturated rings. The topological polar surface area (TPSA) is 129 Å². The van der Waals surface area contributed by atoms with Crippen molar-refractivity contribution in [3.63, 3.8) is 0 Å². The van der Waals surface area contributed by atoms with Crippen LogP contribution in [-0.4, -0.2) is 41.8 Å². The molecule has 7 rings (SSSR count). The molecule has 9 nitrogen and oxygen atoms in total. The van der Waals surface area contributed by atoms with Gasteiger partial charge in [0.1, 0.15) is 16.9 Å². The van der Waals surface area contributed by atoms with Gasteiger partial charge in [-0.15, -0.1) is 11.3 Å². The van der Waals surface area contributed by atoms with Crippen LogP contribution in [0, 0.1) is 5.92 Å². The van der Waals surface area contributed by atoms with Crippen LogP contribution < -0.4 is 5.32 Å². The smallest absolute Gasteiger partial charge is 0.227 e. The number of aromatic amines is 2. The summed E-state index contributed by atoms with van der Waals surface area (Å²) in [4.78, 5) is 43.0. The van der Waals surface area contributed by atoms with Gasteiger partial charge in [-0.05, 0) is 61.7 Å². The highest BCUT2D eigenvalue weighted by Crippen LogP contribution is 2.35. The fraction of sp³-hybridized carbons (Fsp3) is 0.172. The zero-order chi connectivity index (χ0) is 26.5. The van der Waals surface area contributed by atoms with E-state index in [-0.39, 0.29) is 17.6 Å². The summed E-state index contributed by atoms with van der Waals surface area (Å²) in [6.45, 7) is 1.56. The number of benzene rings is 1. The molecule has 0 saturated heterocycles. The molecule has 1 aliphatic carbocycles. The number of imidazole rings is 1. The number of rotatable bonds is 6. The van der Waals surface area contributed by atoms with E-state index in [2.05, 4.69) is 30.5 Å². The molecule has 0 spiro atoms. The van der Waals surface area contributed by atoms with Crippen LogP contribution in [-0.2, 0) is 4.79 Å². The second kappa shape index (κ2) is 9.25. The van der Waals surface area contributed by atoms with Gasteiger partial charge in [0.2, 0.25) is 5.91 Å². The quantitative estimate of drug-likeness (QED) is 0.218. The Hall–Kier alpha value is -4.70. The monoisotopic (exact) mass is 533 g/mol. The van der Waals surface area contributed by atoms with Gasteiger partial charge in [0, 0.05) is 29.3 Å². The first-order valence-corrected chi connectivity index (χ1v) is 13.6. The molecule has 0 bridgehead atoms. The number of carbonyl (C=O) groups is 2. The highest BCUT2D eigenvalue weighted by atomic mass is 32.1. The van der Waals surface area contributed by atoms with Crippen molar-refractivity contribution < 1.29 is 9.59 Å². The van der Waals surface area contributed by atoms with Gasteiger partial charge in [-0.3, -0.25) is 24.7 Å². The van der Waals surface area contributed by atoms with E-state index in [9.17, 15) is 9.59 Å². The van der Waals surface area contributed by atoms with Crippen LogP contribution in [0.15, 0.2) is 61.1 Å². The fourth-order valence-electron chi connectivity index (χ4n) is 4.84. The number of carbonyl (C=O) groups excluding carboxylic acids is 2. The number of hydrogen-bond acceptors (Lipinski definition) is 7. The number of nitrogens with one attached hydrogen (secondary N) is 3. The van der Waals surface area contributed by atoms with E-state index in [0.29, 0.717) is 22.1 Å². The zero-order valence-electron chi connectivity index (χ0n) is 21.0. The Kier molecular flexibility index (Phi) is 5.55. The molecule has 0 aliphatic heterocycles. The lowest BCUT2D eigenvalue weighted by Gasteiger charge is -2.24. The third kappa shape index (κ3) is 4.18. The summed E-state index contributed by atoms with van der Waals surface area (Å²) < 4.78 is 0. The van der Waals surface area contributed by atoms with E-state index in [0.717, 1.165) is 62.9 Å². The summed E-state index contributed by atoms with van der Waals surface area (Å²) in [5, 5.41) is 11.6. The van der Waals surface area contributed by atoms with Crippen molar-refractivity contribution in [3.05, 3.63) is 65.9 Å². The number of pyridine rings is 2. The number of H-pyrrole nitrogens is 2. The Morgan fingerprint density at radius 2 is 1.90 bits per heavy atom. The van der Waals surface area contributed by atoms with Gasteiger partial charge in [0.25, 0.3) is 0 Å². The van der Waals surface area contributed by atoms with Crippen molar-refractivity contribution in [1.82, 2.24) is 30.1 Å². The number of hydrogen-bond donors (Lipinski definition) is 3. The van der Waals surface area contributed by atoms with Gasteiger partial charge in [-0.1, -0.05) is 12.5 Å². The summed E-state index contributed by atoms with van der Waals surface area (Å²) >= 11 is 1.41. The SMILES string of the molecule is CC(=O)c1ccc(-c2nccc3[nH]c(-c4n[nH]c5ccc(-c6cncc(NC(=O)C7CCC7)c6)cc45)nc23)s1. The summed E-state index contributed by atoms with van der Waals surface area (Å²) in [6.07, 6.45) is 8.21. The van der Waals surface area contributed by atoms with Crippen LogP contribution in [0.5, 0.6) is 0 Å². The van der Waals surface area contributed by atoms with Crippen LogP contribution in [0.4, 0.5) is 5.69 Å². The van der Waals surface area contributed by atoms with Crippen LogP contribution in [0.3, 0.4) is 0 Å². The van der Waals surface area contributed by atoms with Crippen LogP contribution in [0.2, 0.25) is 0 Å². The Morgan fingerprint density at radius 1 is 1.00 bits per heavy atom. The van der Waals surface area contributed by atoms with Crippen molar-refractivity contribution in [2.45, 2.75) is 26.2 Å². The normalized spacial score (nSPS) is 13.6. The molecular formula is C29H23N7O2S. The molecular weight excluding hydrogens is 510 g/mol. The number of Topliss-reactive ketones (excluding diaryl/α,β-unsaturated/α-hetero) is 1. The second-order valence-corrected chi connectivity index (χ2v) is 10.9. The molecule has 6 aromatic rings. The van der Waals surface area contributed by atoms with Crippen molar-refractivity contribution in [3.8, 4) is 33.2 Å². The van der Waals surface area contributed by atoms with E-state index in [1.54, 1.807) is 25.5 Å². The molecule has 0 unspecified atom stereocenters. The molecule has 10 heteroatoms. The average molecular weight is 534 g/mol. The molecule has 1 aliphatic rings. The van der Waals surface area contributed by atoms with Gasteiger partial charge >= 0.3 is 0 Å². The molecule has 1 aromatic carbocycles. The summed E-state index contributed by atoms with van der Waals surface area (Å²) in [6, 6.07) is 13.6. The third-order valence-electron chi connectivity index (χ3n) is 7.19. The standard InChI is InChI=1S/C29H23N7O2S/c1-15(37)23-7-8-24(39-23)27-26-22(9-10-31-27)33-28(34-26)25-20-12-17(5-6-21(20)35-36-25)18-11-19(14-30-13-18)32-29(38)16-3-2-4-16/h5-14,16H,2-4H2,1H3,(H,32,38)(H,33,34)(H,35,36). The van der Waals surface area contributed by atoms with Crippen molar-refractivity contribution in [2.75, 3.05) is 5.32 Å². The minimum atomic E-state index is 0.0291. The molecule has 192 valence electrons. The van der Waals surface area contributed by atoms with Crippen molar-refractivity contribution in [2.24, 2.45) is 5.92 Å². The Bertz CT molecular complexity index is 1900. The van der Waals surface area contributed by atoms with E-state index >= 15 is 0 Å². The Labute approximate surface area is 226 Å². The molecule has 0 radical (unpaired) electrons. The summed E-state index contributed by atoms with van der Waals surface area (Å²) in [5.41, 5.74) is 6.37. The van der Waals surface area contributed by atoms with E-state index < -0.39 is 0 Å². The Balaban J connectivity index is 1.25. The number of thiophene rings is 1. The minimum Gasteiger partial charge on any atom is -0.336 e. The lowest BCUT2D eigenvalue weighted by Crippen LogP contribution is -2.28. The predicted molar refractivity (Wildman–Crippen MR) is 151 cm³/mol. The summed E-state index contributed by atoms with van der Waals surface area (Å²) in [7, 11) is 0. The van der Waals surface area contributed by atoms with E-state index in [4.69, 9.17) is 4.98 Å². The molecule has 39 heavy (non-hydrogen) atoms. The van der Waals surface area contributed by atoms with Gasteiger partial charge < -0.3 is 10.3 Å². The maximum atomic E-state index is 12.4. The maximum Gasteiger partial charge on any atom is 0.227 e. The van der Waals surface area contributed by atoms with Crippen LogP contribution in [0.1, 0.15) is 35.9 Å². The number of ketones is 1. The lowest BCUT2D eigenvalue weighted by molar-refractivity contribution is -0.122. The molecule has 1 amide bonds. The van der Waals surface area contributed by atoms with Crippen LogP contribution >= 0.6 is 11.3 Å². The lowest BCUT2D eigenvalue weighted by atomic mass is 9.85. The zero-order valence-corrected chi connectivity index (χ0v) is 21.8. The van der Waals surface area contributed by atoms with Crippen molar-refractivity contribution >= 4 is 50.7 Å². The highest BCUT2D eigenvalue weighted by Gasteiger charge is 2.25. The molecule has 5 aromatic heterocycles. The predicted octanol–water partition coefficient (Wildman–Crippen LogP) is 6.23. The van der Waals surface area contributed by atoms with Gasteiger partial charge in [-0.2, -0.15) is 5.10 Å². The first-order chi connectivity index (χ1) is 19.0. The largest absolute Gasteiger partial charge is 0.336 e. The minimum absolute atomic E-state index is 0.0291. The van der Waals surface area contributed by atoms with Gasteiger partial charge in [-0.25, -0.2) is 4.98 Å². The second-order valence-electron chi connectivity index (χ2n) is 9.77. The molecule has 3 N–H and O–H groups in total. The van der Waals surface area contributed by atoms with Gasteiger partial charge in [0.05, 0.1) is 32.7 Å². The summed E-state index contributed by atoms with van der Waals surface area (Å²) in [5.74, 6) is 0.813. The highest BCUT2D eigenvalue weighted by molar-refractivity contribution is 7.17. The van der Waals surface area contributed by atoms with E-state index in [1.807, 2.05) is 42.5 Å².